The van der Waals surface area contributed by atoms with Crippen LogP contribution < -0.4 is 5.73 Å². The van der Waals surface area contributed by atoms with Crippen molar-refractivity contribution in [3.8, 4) is 0 Å². The lowest BCUT2D eigenvalue weighted by atomic mass is 10.2. The Balaban J connectivity index is 3.01. The Labute approximate surface area is 68.0 Å². The van der Waals surface area contributed by atoms with Crippen LogP contribution in [0.15, 0.2) is 24.3 Å². The van der Waals surface area contributed by atoms with Gasteiger partial charge in [-0.2, -0.15) is 0 Å². The predicted molar refractivity (Wildman–Crippen MR) is 40.0 cm³/mol. The van der Waals surface area contributed by atoms with Crippen LogP contribution in [0.2, 0.25) is 0 Å². The Kier molecular flexibility index (Phi) is 2.05. The van der Waals surface area contributed by atoms with E-state index >= 15 is 0 Å². The maximum Gasteiger partial charge on any atom is 0.316 e. The average molecular weight is 167 g/mol. The average Bonchev–Trinajstić information content (AvgIpc) is 2.04. The number of hydrogen-bond acceptors (Lipinski definition) is 2. The third-order valence-corrected chi connectivity index (χ3v) is 1.37. The van der Waals surface area contributed by atoms with Gasteiger partial charge in [0, 0.05) is 17.7 Å². The van der Waals surface area contributed by atoms with Gasteiger partial charge in [0.25, 0.3) is 4.92 Å². The minimum atomic E-state index is -0.572. The zero-order valence-corrected chi connectivity index (χ0v) is 6.10. The van der Waals surface area contributed by atoms with E-state index in [9.17, 15) is 9.70 Å². The molecular formula is C7H7N2O3+. The molecule has 0 spiro atoms. The van der Waals surface area contributed by atoms with E-state index in [0.29, 0.717) is 5.56 Å². The summed E-state index contributed by atoms with van der Waals surface area (Å²) < 4.78 is 0. The van der Waals surface area contributed by atoms with E-state index in [0.717, 1.165) is 0 Å². The van der Waals surface area contributed by atoms with Crippen LogP contribution in [-0.4, -0.2) is 16.0 Å². The topological polar surface area (TPSA) is 83.4 Å². The Morgan fingerprint density at radius 1 is 1.33 bits per heavy atom. The van der Waals surface area contributed by atoms with Gasteiger partial charge >= 0.3 is 5.69 Å². The van der Waals surface area contributed by atoms with E-state index in [1.807, 2.05) is 0 Å². The second kappa shape index (κ2) is 3.00. The van der Waals surface area contributed by atoms with Crippen molar-refractivity contribution in [2.45, 2.75) is 0 Å². The molecule has 0 aliphatic heterocycles. The van der Waals surface area contributed by atoms with E-state index in [1.54, 1.807) is 0 Å². The van der Waals surface area contributed by atoms with Crippen molar-refractivity contribution >= 4 is 11.6 Å². The first-order chi connectivity index (χ1) is 5.61. The first-order valence-electron chi connectivity index (χ1n) is 3.17. The Hall–Kier alpha value is -1.91. The SMILES string of the molecule is NC(=O)c1ccc([N+](=O)O)cc1. The third-order valence-electron chi connectivity index (χ3n) is 1.37. The molecule has 0 aliphatic carbocycles. The van der Waals surface area contributed by atoms with Crippen molar-refractivity contribution in [1.82, 2.24) is 0 Å². The van der Waals surface area contributed by atoms with Crippen LogP contribution >= 0.6 is 0 Å². The van der Waals surface area contributed by atoms with Crippen LogP contribution in [0.4, 0.5) is 5.69 Å². The summed E-state index contributed by atoms with van der Waals surface area (Å²) in [6.45, 7) is 0. The van der Waals surface area contributed by atoms with Gasteiger partial charge in [0.2, 0.25) is 5.91 Å². The fourth-order valence-electron chi connectivity index (χ4n) is 0.753. The molecule has 0 radical (unpaired) electrons. The molecule has 0 atom stereocenters. The first-order valence-corrected chi connectivity index (χ1v) is 3.17. The standard InChI is InChI=1S/C7H6N2O3/c8-7(10)5-1-3-6(4-2-5)9(11)12/h1-4H,(H2-,8,10,11,12)/p+1. The number of primary amides is 1. The summed E-state index contributed by atoms with van der Waals surface area (Å²) in [5.74, 6) is -0.572. The number of hydrogen-bond donors (Lipinski definition) is 2. The molecule has 0 bridgehead atoms. The van der Waals surface area contributed by atoms with E-state index in [4.69, 9.17) is 10.9 Å². The Morgan fingerprint density at radius 3 is 2.17 bits per heavy atom. The predicted octanol–water partition coefficient (Wildman–Crippen LogP) is 0.585. The van der Waals surface area contributed by atoms with Gasteiger partial charge in [0.05, 0.1) is 4.91 Å². The summed E-state index contributed by atoms with van der Waals surface area (Å²) in [6.07, 6.45) is 0. The lowest BCUT2D eigenvalue weighted by molar-refractivity contribution is -0.729. The number of benzene rings is 1. The first kappa shape index (κ1) is 8.19. The minimum absolute atomic E-state index is 0.0556. The largest absolute Gasteiger partial charge is 0.366 e. The van der Waals surface area contributed by atoms with Crippen molar-refractivity contribution in [3.05, 3.63) is 34.7 Å². The summed E-state index contributed by atoms with van der Waals surface area (Å²) in [4.78, 5) is 20.5. The highest BCUT2D eigenvalue weighted by molar-refractivity contribution is 5.92. The highest BCUT2D eigenvalue weighted by atomic mass is 16.6. The van der Waals surface area contributed by atoms with Crippen molar-refractivity contribution < 1.29 is 14.9 Å². The monoisotopic (exact) mass is 167 g/mol. The van der Waals surface area contributed by atoms with E-state index in [1.165, 1.54) is 24.3 Å². The van der Waals surface area contributed by atoms with Gasteiger partial charge in [-0.05, 0) is 12.1 Å². The van der Waals surface area contributed by atoms with Gasteiger partial charge in [-0.15, -0.1) is 0 Å². The van der Waals surface area contributed by atoms with Crippen molar-refractivity contribution in [1.29, 1.82) is 0 Å². The van der Waals surface area contributed by atoms with Crippen molar-refractivity contribution in [2.24, 2.45) is 5.73 Å². The lowest BCUT2D eigenvalue weighted by Gasteiger charge is -1.90. The maximum absolute atomic E-state index is 10.6. The third kappa shape index (κ3) is 1.57. The maximum atomic E-state index is 10.6. The van der Waals surface area contributed by atoms with E-state index in [-0.39, 0.29) is 10.6 Å². The molecule has 0 saturated carbocycles. The van der Waals surface area contributed by atoms with Crippen molar-refractivity contribution in [2.75, 3.05) is 0 Å². The smallest absolute Gasteiger partial charge is 0.316 e. The molecule has 0 aromatic heterocycles. The van der Waals surface area contributed by atoms with E-state index in [2.05, 4.69) is 0 Å². The molecule has 0 unspecified atom stereocenters. The lowest BCUT2D eigenvalue weighted by Crippen LogP contribution is -2.10. The van der Waals surface area contributed by atoms with Crippen LogP contribution in [0.1, 0.15) is 10.4 Å². The molecule has 0 fully saturated rings. The second-order valence-electron chi connectivity index (χ2n) is 2.18. The fourth-order valence-corrected chi connectivity index (χ4v) is 0.753. The molecule has 0 saturated heterocycles. The van der Waals surface area contributed by atoms with Gasteiger partial charge in [-0.1, -0.05) is 0 Å². The molecule has 1 rings (SSSR count). The van der Waals surface area contributed by atoms with Gasteiger partial charge in [0.1, 0.15) is 0 Å². The molecule has 5 heteroatoms. The van der Waals surface area contributed by atoms with Crippen LogP contribution in [-0.2, 0) is 0 Å². The molecule has 62 valence electrons. The summed E-state index contributed by atoms with van der Waals surface area (Å²) >= 11 is 0. The minimum Gasteiger partial charge on any atom is -0.366 e. The summed E-state index contributed by atoms with van der Waals surface area (Å²) in [5, 5.41) is 8.41. The van der Waals surface area contributed by atoms with Crippen LogP contribution in [0.3, 0.4) is 0 Å². The molecule has 3 N–H and O–H groups in total. The molecule has 0 heterocycles. The van der Waals surface area contributed by atoms with Gasteiger partial charge < -0.3 is 5.73 Å². The highest BCUT2D eigenvalue weighted by Gasteiger charge is 2.10. The molecule has 1 amide bonds. The zero-order chi connectivity index (χ0) is 9.14. The number of amides is 1. The normalized spacial score (nSPS) is 9.33. The summed E-state index contributed by atoms with van der Waals surface area (Å²) in [5.41, 5.74) is 5.29. The molecule has 5 nitrogen and oxygen atoms in total. The molecule has 12 heavy (non-hydrogen) atoms. The van der Waals surface area contributed by atoms with Gasteiger partial charge in [-0.25, -0.2) is 5.21 Å². The fraction of sp³-hybridized carbons (Fsp3) is 0. The highest BCUT2D eigenvalue weighted by Crippen LogP contribution is 2.10. The van der Waals surface area contributed by atoms with Crippen LogP contribution in [0.25, 0.3) is 0 Å². The summed E-state index contributed by atoms with van der Waals surface area (Å²) in [7, 11) is 0. The number of carbonyl (C=O) groups excluding carboxylic acids is 1. The van der Waals surface area contributed by atoms with Gasteiger partial charge in [-0.3, -0.25) is 4.79 Å². The summed E-state index contributed by atoms with van der Waals surface area (Å²) in [6, 6.07) is 5.32. The molecule has 1 aromatic carbocycles. The second-order valence-corrected chi connectivity index (χ2v) is 2.18. The Bertz CT molecular complexity index is 285. The van der Waals surface area contributed by atoms with Crippen LogP contribution in [0, 0.1) is 4.91 Å². The number of rotatable bonds is 2. The molecule has 0 aliphatic rings. The Morgan fingerprint density at radius 2 is 1.83 bits per heavy atom. The number of carbonyl (C=O) groups is 1. The van der Waals surface area contributed by atoms with Crippen molar-refractivity contribution in [3.63, 3.8) is 0 Å². The number of nitrogens with zero attached hydrogens (tertiary/aromatic N) is 1. The quantitative estimate of drug-likeness (QED) is 0.632. The number of nitrogens with two attached hydrogens (primary N) is 1. The van der Waals surface area contributed by atoms with Crippen LogP contribution in [0.5, 0.6) is 0 Å². The zero-order valence-electron chi connectivity index (χ0n) is 6.10. The van der Waals surface area contributed by atoms with E-state index < -0.39 is 5.91 Å². The van der Waals surface area contributed by atoms with Gasteiger partial charge in [0.15, 0.2) is 0 Å². The molecule has 1 aromatic rings. The molecular weight excluding hydrogens is 160 g/mol.